The average molecular weight is 381 g/mol. The van der Waals surface area contributed by atoms with Crippen molar-refractivity contribution in [3.05, 3.63) is 77.0 Å². The number of aryl methyl sites for hydroxylation is 1. The summed E-state index contributed by atoms with van der Waals surface area (Å²) >= 11 is 0. The second kappa shape index (κ2) is 8.61. The number of ketones is 1. The normalized spacial score (nSPS) is 10.7. The molecule has 0 bridgehead atoms. The lowest BCUT2D eigenvalue weighted by Gasteiger charge is -2.10. The van der Waals surface area contributed by atoms with Crippen LogP contribution in [-0.2, 0) is 11.3 Å². The van der Waals surface area contributed by atoms with Gasteiger partial charge in [-0.05, 0) is 51.1 Å². The minimum Gasteiger partial charge on any atom is -0.493 e. The molecule has 146 valence electrons. The van der Waals surface area contributed by atoms with Crippen LogP contribution in [0.5, 0.6) is 5.75 Å². The number of carbonyl (C=O) groups excluding carboxylic acids is 2. The predicted molar refractivity (Wildman–Crippen MR) is 104 cm³/mol. The van der Waals surface area contributed by atoms with Gasteiger partial charge in [0, 0.05) is 17.0 Å². The number of ether oxygens (including phenoxy) is 2. The maximum atomic E-state index is 12.6. The fraction of sp³-hybridized carbons (Fsp3) is 0.273. The summed E-state index contributed by atoms with van der Waals surface area (Å²) in [6.07, 6.45) is 1.62. The molecular formula is C22H23NO5. The van der Waals surface area contributed by atoms with E-state index in [2.05, 4.69) is 0 Å². The number of esters is 1. The highest BCUT2D eigenvalue weighted by Gasteiger charge is 2.19. The van der Waals surface area contributed by atoms with Crippen molar-refractivity contribution < 1.29 is 23.5 Å². The van der Waals surface area contributed by atoms with Crippen molar-refractivity contribution in [3.63, 3.8) is 0 Å². The molecule has 0 amide bonds. The van der Waals surface area contributed by atoms with Gasteiger partial charge in [0.15, 0.2) is 6.61 Å². The zero-order chi connectivity index (χ0) is 20.1. The summed E-state index contributed by atoms with van der Waals surface area (Å²) in [5, 5.41) is 0. The van der Waals surface area contributed by atoms with Crippen molar-refractivity contribution in [3.8, 4) is 5.75 Å². The first-order chi connectivity index (χ1) is 13.5. The third-order valence-corrected chi connectivity index (χ3v) is 4.51. The molecule has 0 saturated carbocycles. The van der Waals surface area contributed by atoms with E-state index in [0.717, 1.165) is 17.1 Å². The van der Waals surface area contributed by atoms with E-state index in [1.165, 1.54) is 0 Å². The lowest BCUT2D eigenvalue weighted by Crippen LogP contribution is -2.16. The second-order valence-electron chi connectivity index (χ2n) is 6.38. The van der Waals surface area contributed by atoms with Gasteiger partial charge in [0.2, 0.25) is 5.78 Å². The Kier molecular flexibility index (Phi) is 5.99. The van der Waals surface area contributed by atoms with Crippen molar-refractivity contribution in [2.75, 3.05) is 13.2 Å². The van der Waals surface area contributed by atoms with Crippen LogP contribution in [0.25, 0.3) is 0 Å². The van der Waals surface area contributed by atoms with Gasteiger partial charge >= 0.3 is 5.97 Å². The van der Waals surface area contributed by atoms with E-state index in [4.69, 9.17) is 13.9 Å². The smallest absolute Gasteiger partial charge is 0.342 e. The van der Waals surface area contributed by atoms with Crippen LogP contribution < -0.4 is 4.74 Å². The molecule has 2 aromatic heterocycles. The molecule has 6 nitrogen and oxygen atoms in total. The van der Waals surface area contributed by atoms with Crippen molar-refractivity contribution in [2.45, 2.75) is 27.3 Å². The fourth-order valence-corrected chi connectivity index (χ4v) is 3.09. The van der Waals surface area contributed by atoms with Gasteiger partial charge in [-0.1, -0.05) is 12.1 Å². The summed E-state index contributed by atoms with van der Waals surface area (Å²) in [5.74, 6) is 0.418. The summed E-state index contributed by atoms with van der Waals surface area (Å²) in [6.45, 7) is 6.28. The largest absolute Gasteiger partial charge is 0.493 e. The minimum atomic E-state index is -0.582. The lowest BCUT2D eigenvalue weighted by molar-refractivity contribution is 0.0470. The molecule has 0 spiro atoms. The summed E-state index contributed by atoms with van der Waals surface area (Å²) in [6, 6.07) is 12.3. The molecule has 0 saturated heterocycles. The molecule has 1 aromatic carbocycles. The molecule has 0 unspecified atom stereocenters. The van der Waals surface area contributed by atoms with Crippen molar-refractivity contribution in [1.29, 1.82) is 0 Å². The Bertz CT molecular complexity index is 969. The molecule has 0 N–H and O–H groups in total. The molecule has 2 heterocycles. The number of Topliss-reactive ketones (excluding diaryl/α,β-unsaturated/α-hetero) is 1. The first-order valence-electron chi connectivity index (χ1n) is 9.12. The Labute approximate surface area is 163 Å². The van der Waals surface area contributed by atoms with E-state index in [1.54, 1.807) is 30.5 Å². The van der Waals surface area contributed by atoms with Gasteiger partial charge in [0.25, 0.3) is 0 Å². The van der Waals surface area contributed by atoms with E-state index in [1.807, 2.05) is 43.5 Å². The van der Waals surface area contributed by atoms with E-state index >= 15 is 0 Å². The van der Waals surface area contributed by atoms with Crippen molar-refractivity contribution >= 4 is 11.8 Å². The number of hydrogen-bond donors (Lipinski definition) is 0. The van der Waals surface area contributed by atoms with Gasteiger partial charge in [-0.2, -0.15) is 0 Å². The molecule has 0 atom stereocenters. The molecule has 0 radical (unpaired) electrons. The summed E-state index contributed by atoms with van der Waals surface area (Å²) in [7, 11) is 0. The van der Waals surface area contributed by atoms with Crippen LogP contribution in [0.15, 0.2) is 53.1 Å². The van der Waals surface area contributed by atoms with Gasteiger partial charge < -0.3 is 18.5 Å². The molecular weight excluding hydrogens is 358 g/mol. The van der Waals surface area contributed by atoms with Crippen LogP contribution in [0.4, 0.5) is 0 Å². The summed E-state index contributed by atoms with van der Waals surface area (Å²) in [5.41, 5.74) is 2.59. The van der Waals surface area contributed by atoms with Crippen molar-refractivity contribution in [1.82, 2.24) is 4.57 Å². The molecule has 0 aliphatic rings. The number of para-hydroxylation sites is 1. The second-order valence-corrected chi connectivity index (χ2v) is 6.38. The van der Waals surface area contributed by atoms with Crippen LogP contribution in [0, 0.1) is 13.8 Å². The number of nitrogens with zero attached hydrogens (tertiary/aromatic N) is 1. The maximum absolute atomic E-state index is 12.6. The highest BCUT2D eigenvalue weighted by atomic mass is 16.5. The highest BCUT2D eigenvalue weighted by Crippen LogP contribution is 2.20. The first-order valence-corrected chi connectivity index (χ1v) is 9.12. The minimum absolute atomic E-state index is 0.249. The zero-order valence-electron chi connectivity index (χ0n) is 16.2. The van der Waals surface area contributed by atoms with Crippen LogP contribution in [0.2, 0.25) is 0 Å². The monoisotopic (exact) mass is 381 g/mol. The molecule has 3 rings (SSSR count). The predicted octanol–water partition coefficient (Wildman–Crippen LogP) is 4.18. The van der Waals surface area contributed by atoms with Gasteiger partial charge in [-0.15, -0.1) is 0 Å². The molecule has 0 aliphatic heterocycles. The fourth-order valence-electron chi connectivity index (χ4n) is 3.09. The molecule has 0 fully saturated rings. The van der Waals surface area contributed by atoms with E-state index in [0.29, 0.717) is 30.0 Å². The Hall–Kier alpha value is -3.28. The quantitative estimate of drug-likeness (QED) is 0.432. The Morgan fingerprint density at radius 2 is 1.86 bits per heavy atom. The van der Waals surface area contributed by atoms with Crippen molar-refractivity contribution in [2.24, 2.45) is 0 Å². The molecule has 3 aromatic rings. The first kappa shape index (κ1) is 19.5. The van der Waals surface area contributed by atoms with Crippen LogP contribution in [0.3, 0.4) is 0 Å². The lowest BCUT2D eigenvalue weighted by atomic mass is 10.1. The Balaban J connectivity index is 1.69. The molecule has 0 aliphatic carbocycles. The van der Waals surface area contributed by atoms with Gasteiger partial charge in [0.05, 0.1) is 19.4 Å². The SMILES string of the molecule is CCOc1ccccc1C(=O)OCC(=O)c1cc(C)n(Cc2ccco2)c1C. The van der Waals surface area contributed by atoms with Crippen LogP contribution in [-0.4, -0.2) is 29.5 Å². The van der Waals surface area contributed by atoms with Gasteiger partial charge in [-0.25, -0.2) is 4.79 Å². The third-order valence-electron chi connectivity index (χ3n) is 4.51. The topological polar surface area (TPSA) is 70.7 Å². The number of rotatable bonds is 8. The summed E-state index contributed by atoms with van der Waals surface area (Å²) in [4.78, 5) is 25.0. The van der Waals surface area contributed by atoms with E-state index < -0.39 is 5.97 Å². The highest BCUT2D eigenvalue weighted by molar-refractivity contribution is 6.01. The third kappa shape index (κ3) is 4.17. The van der Waals surface area contributed by atoms with Crippen LogP contribution >= 0.6 is 0 Å². The zero-order valence-corrected chi connectivity index (χ0v) is 16.2. The number of benzene rings is 1. The van der Waals surface area contributed by atoms with Crippen LogP contribution in [0.1, 0.15) is 44.8 Å². The number of hydrogen-bond acceptors (Lipinski definition) is 5. The number of aromatic nitrogens is 1. The maximum Gasteiger partial charge on any atom is 0.342 e. The van der Waals surface area contributed by atoms with E-state index in [-0.39, 0.29) is 12.4 Å². The average Bonchev–Trinajstić information content (AvgIpc) is 3.30. The van der Waals surface area contributed by atoms with Gasteiger partial charge in [0.1, 0.15) is 17.1 Å². The number of furan rings is 1. The van der Waals surface area contributed by atoms with Gasteiger partial charge in [-0.3, -0.25) is 4.79 Å². The summed E-state index contributed by atoms with van der Waals surface area (Å²) < 4.78 is 18.1. The standard InChI is InChI=1S/C22H23NO5/c1-4-26-21-10-6-5-9-18(21)22(25)28-14-20(24)19-12-15(2)23(16(19)3)13-17-8-7-11-27-17/h5-12H,4,13-14H2,1-3H3. The molecule has 28 heavy (non-hydrogen) atoms. The Morgan fingerprint density at radius 3 is 2.57 bits per heavy atom. The van der Waals surface area contributed by atoms with E-state index in [9.17, 15) is 9.59 Å². The Morgan fingerprint density at radius 1 is 1.07 bits per heavy atom. The molecule has 6 heteroatoms. The number of carbonyl (C=O) groups is 2.